The maximum absolute atomic E-state index is 10.3. The largest absolute Gasteiger partial charge is 0.491 e. The summed E-state index contributed by atoms with van der Waals surface area (Å²) in [5.74, 6) is 3.17. The lowest BCUT2D eigenvalue weighted by Gasteiger charge is -2.28. The first-order valence-corrected chi connectivity index (χ1v) is 10.7. The molecule has 0 radical (unpaired) electrons. The fourth-order valence-corrected chi connectivity index (χ4v) is 4.15. The van der Waals surface area contributed by atoms with Crippen molar-refractivity contribution in [2.45, 2.75) is 19.2 Å². The van der Waals surface area contributed by atoms with E-state index >= 15 is 0 Å². The lowest BCUT2D eigenvalue weighted by Crippen LogP contribution is -2.40. The molecule has 6 nitrogen and oxygen atoms in total. The van der Waals surface area contributed by atoms with Crippen molar-refractivity contribution in [3.8, 4) is 5.75 Å². The highest BCUT2D eigenvalue weighted by molar-refractivity contribution is 7.99. The van der Waals surface area contributed by atoms with Crippen LogP contribution in [-0.2, 0) is 13.1 Å². The minimum Gasteiger partial charge on any atom is -0.491 e. The number of likely N-dealkylation sites (N-methyl/N-ethyl adjacent to an activating group) is 1. The van der Waals surface area contributed by atoms with E-state index in [9.17, 15) is 5.11 Å². The number of aliphatic hydroxyl groups excluding tert-OH is 1. The molecule has 0 aliphatic carbocycles. The van der Waals surface area contributed by atoms with Crippen molar-refractivity contribution in [2.24, 2.45) is 0 Å². The number of para-hydroxylation sites is 1. The summed E-state index contributed by atoms with van der Waals surface area (Å²) in [5, 5.41) is 10.3. The summed E-state index contributed by atoms with van der Waals surface area (Å²) in [6, 6.07) is 8.10. The molecule has 1 aliphatic heterocycles. The smallest absolute Gasteiger partial charge is 0.123 e. The Morgan fingerprint density at radius 3 is 2.89 bits per heavy atom. The van der Waals surface area contributed by atoms with Gasteiger partial charge in [0.15, 0.2) is 0 Å². The van der Waals surface area contributed by atoms with E-state index in [0.29, 0.717) is 13.2 Å². The first kappa shape index (κ1) is 20.2. The second-order valence-electron chi connectivity index (χ2n) is 7.02. The number of thioether (sulfide) groups is 1. The minimum absolute atomic E-state index is 0.333. The van der Waals surface area contributed by atoms with E-state index in [4.69, 9.17) is 4.74 Å². The maximum Gasteiger partial charge on any atom is 0.123 e. The quantitative estimate of drug-likeness (QED) is 0.668. The van der Waals surface area contributed by atoms with Gasteiger partial charge in [-0.1, -0.05) is 18.2 Å². The number of β-amino-alcohol motifs (C(OH)–C–C–N with tert-alkyl or cyclic N) is 1. The van der Waals surface area contributed by atoms with Crippen LogP contribution in [-0.4, -0.2) is 81.9 Å². The molecule has 1 fully saturated rings. The molecule has 1 unspecified atom stereocenters. The fourth-order valence-electron chi connectivity index (χ4n) is 3.17. The van der Waals surface area contributed by atoms with Gasteiger partial charge in [-0.2, -0.15) is 11.8 Å². The molecule has 0 spiro atoms. The predicted molar refractivity (Wildman–Crippen MR) is 110 cm³/mol. The molecule has 3 rings (SSSR count). The Bertz CT molecular complexity index is 662. The Morgan fingerprint density at radius 2 is 2.11 bits per heavy atom. The third kappa shape index (κ3) is 6.84. The zero-order valence-electron chi connectivity index (χ0n) is 16.0. The van der Waals surface area contributed by atoms with E-state index < -0.39 is 6.10 Å². The molecular weight excluding hydrogens is 360 g/mol. The number of rotatable bonds is 10. The van der Waals surface area contributed by atoms with Crippen molar-refractivity contribution >= 4 is 11.8 Å². The zero-order valence-corrected chi connectivity index (χ0v) is 16.9. The van der Waals surface area contributed by atoms with Gasteiger partial charge in [0.05, 0.1) is 6.33 Å². The van der Waals surface area contributed by atoms with Gasteiger partial charge in [0, 0.05) is 68.7 Å². The summed E-state index contributed by atoms with van der Waals surface area (Å²) in [5.41, 5.74) is 1.15. The summed E-state index contributed by atoms with van der Waals surface area (Å²) in [6.07, 6.45) is 5.16. The Labute approximate surface area is 166 Å². The van der Waals surface area contributed by atoms with Gasteiger partial charge in [0.1, 0.15) is 18.5 Å². The summed E-state index contributed by atoms with van der Waals surface area (Å²) >= 11 is 1.98. The molecule has 2 aromatic rings. The van der Waals surface area contributed by atoms with Crippen molar-refractivity contribution in [1.29, 1.82) is 0 Å². The minimum atomic E-state index is -0.458. The van der Waals surface area contributed by atoms with Crippen LogP contribution in [0, 0.1) is 0 Å². The molecule has 7 heteroatoms. The normalized spacial score (nSPS) is 16.6. The van der Waals surface area contributed by atoms with Crippen molar-refractivity contribution in [2.75, 3.05) is 51.3 Å². The van der Waals surface area contributed by atoms with Crippen LogP contribution in [0.4, 0.5) is 0 Å². The molecule has 1 aliphatic rings. The molecule has 1 N–H and O–H groups in total. The molecule has 148 valence electrons. The molecule has 0 bridgehead atoms. The van der Waals surface area contributed by atoms with E-state index in [1.165, 1.54) is 0 Å². The van der Waals surface area contributed by atoms with Crippen molar-refractivity contribution < 1.29 is 9.84 Å². The molecule has 1 saturated heterocycles. The van der Waals surface area contributed by atoms with Gasteiger partial charge in [-0.15, -0.1) is 0 Å². The second kappa shape index (κ2) is 10.7. The highest BCUT2D eigenvalue weighted by atomic mass is 32.2. The highest BCUT2D eigenvalue weighted by Gasteiger charge is 2.16. The maximum atomic E-state index is 10.3. The van der Waals surface area contributed by atoms with E-state index in [0.717, 1.165) is 55.5 Å². The standard InChI is InChI=1S/C20H30N4O2S/c1-22(8-9-24-7-6-21-17-24)14-18-4-2-3-5-20(18)26-16-19(25)15-23-10-12-27-13-11-23/h2-7,17,19,25H,8-16H2,1H3. The van der Waals surface area contributed by atoms with E-state index in [2.05, 4.69) is 32.5 Å². The first-order chi connectivity index (χ1) is 13.2. The van der Waals surface area contributed by atoms with Crippen LogP contribution in [0.1, 0.15) is 5.56 Å². The number of nitrogens with zero attached hydrogens (tertiary/aromatic N) is 4. The third-order valence-corrected chi connectivity index (χ3v) is 5.66. The molecule has 0 saturated carbocycles. The number of hydrogen-bond donors (Lipinski definition) is 1. The Hall–Kier alpha value is -1.54. The third-order valence-electron chi connectivity index (χ3n) is 4.72. The topological polar surface area (TPSA) is 53.8 Å². The van der Waals surface area contributed by atoms with Gasteiger partial charge < -0.3 is 19.3 Å². The van der Waals surface area contributed by atoms with E-state index in [-0.39, 0.29) is 0 Å². The molecule has 0 amide bonds. The molecule has 2 heterocycles. The average molecular weight is 391 g/mol. The summed E-state index contributed by atoms with van der Waals surface area (Å²) in [6.45, 7) is 5.78. The van der Waals surface area contributed by atoms with Crippen LogP contribution in [0.5, 0.6) is 5.75 Å². The van der Waals surface area contributed by atoms with Crippen LogP contribution in [0.2, 0.25) is 0 Å². The SMILES string of the molecule is CN(CCn1ccnc1)Cc1ccccc1OCC(O)CN1CCSCC1. The lowest BCUT2D eigenvalue weighted by molar-refractivity contribution is 0.0709. The monoisotopic (exact) mass is 390 g/mol. The second-order valence-corrected chi connectivity index (χ2v) is 8.25. The summed E-state index contributed by atoms with van der Waals surface area (Å²) in [4.78, 5) is 8.66. The van der Waals surface area contributed by atoms with Crippen LogP contribution in [0.3, 0.4) is 0 Å². The first-order valence-electron chi connectivity index (χ1n) is 9.54. The highest BCUT2D eigenvalue weighted by Crippen LogP contribution is 2.20. The van der Waals surface area contributed by atoms with Crippen LogP contribution in [0.15, 0.2) is 43.0 Å². The van der Waals surface area contributed by atoms with Crippen LogP contribution >= 0.6 is 11.8 Å². The van der Waals surface area contributed by atoms with Gasteiger partial charge in [0.25, 0.3) is 0 Å². The van der Waals surface area contributed by atoms with Crippen molar-refractivity contribution in [1.82, 2.24) is 19.4 Å². The molecule has 27 heavy (non-hydrogen) atoms. The van der Waals surface area contributed by atoms with Gasteiger partial charge in [0.2, 0.25) is 0 Å². The molecule has 1 atom stereocenters. The van der Waals surface area contributed by atoms with Crippen molar-refractivity contribution in [3.05, 3.63) is 48.5 Å². The van der Waals surface area contributed by atoms with Gasteiger partial charge >= 0.3 is 0 Å². The predicted octanol–water partition coefficient (Wildman–Crippen LogP) is 1.80. The Balaban J connectivity index is 1.46. The molecular formula is C20H30N4O2S. The fraction of sp³-hybridized carbons (Fsp3) is 0.550. The van der Waals surface area contributed by atoms with Crippen LogP contribution < -0.4 is 4.74 Å². The number of aliphatic hydroxyl groups is 1. The number of ether oxygens (including phenoxy) is 1. The van der Waals surface area contributed by atoms with Gasteiger partial charge in [-0.05, 0) is 13.1 Å². The summed E-state index contributed by atoms with van der Waals surface area (Å²) in [7, 11) is 2.11. The average Bonchev–Trinajstić information content (AvgIpc) is 3.20. The van der Waals surface area contributed by atoms with Crippen LogP contribution in [0.25, 0.3) is 0 Å². The number of benzene rings is 1. The van der Waals surface area contributed by atoms with E-state index in [1.807, 2.05) is 42.5 Å². The lowest BCUT2D eigenvalue weighted by atomic mass is 10.2. The Morgan fingerprint density at radius 1 is 1.30 bits per heavy atom. The zero-order chi connectivity index (χ0) is 18.9. The number of aromatic nitrogens is 2. The molecule has 1 aromatic carbocycles. The number of imidazole rings is 1. The Kier molecular flexibility index (Phi) is 8.01. The van der Waals surface area contributed by atoms with E-state index in [1.54, 1.807) is 6.20 Å². The van der Waals surface area contributed by atoms with Gasteiger partial charge in [-0.3, -0.25) is 4.90 Å². The van der Waals surface area contributed by atoms with Crippen molar-refractivity contribution in [3.63, 3.8) is 0 Å². The van der Waals surface area contributed by atoms with Gasteiger partial charge in [-0.25, -0.2) is 4.98 Å². The molecule has 1 aromatic heterocycles. The summed E-state index contributed by atoms with van der Waals surface area (Å²) < 4.78 is 8.05. The number of hydrogen-bond acceptors (Lipinski definition) is 6.